The van der Waals surface area contributed by atoms with Crippen molar-refractivity contribution in [2.75, 3.05) is 18.0 Å². The quantitative estimate of drug-likeness (QED) is 0.364. The lowest BCUT2D eigenvalue weighted by Gasteiger charge is -2.38. The molecule has 1 aliphatic carbocycles. The van der Waals surface area contributed by atoms with Crippen LogP contribution in [0.15, 0.2) is 35.4 Å². The number of hydrogen-bond acceptors (Lipinski definition) is 8. The van der Waals surface area contributed by atoms with E-state index in [1.165, 1.54) is 12.1 Å². The maximum absolute atomic E-state index is 15.0. The molecule has 4 heterocycles. The first kappa shape index (κ1) is 23.8. The third-order valence-electron chi connectivity index (χ3n) is 6.45. The molecule has 2 aliphatic rings. The van der Waals surface area contributed by atoms with E-state index in [1.807, 2.05) is 10.9 Å². The van der Waals surface area contributed by atoms with E-state index in [-0.39, 0.29) is 34.4 Å². The second kappa shape index (κ2) is 8.51. The zero-order valence-corrected chi connectivity index (χ0v) is 19.8. The Hall–Kier alpha value is -4.54. The maximum atomic E-state index is 15.0. The highest BCUT2D eigenvalue weighted by atomic mass is 19.4. The largest absolute Gasteiger partial charge is 0.483 e. The highest BCUT2D eigenvalue weighted by Gasteiger charge is 2.38. The molecule has 4 aromatic rings. The van der Waals surface area contributed by atoms with Crippen molar-refractivity contribution in [3.05, 3.63) is 58.2 Å². The Labute approximate surface area is 211 Å². The van der Waals surface area contributed by atoms with Gasteiger partial charge in [0.2, 0.25) is 11.8 Å². The van der Waals surface area contributed by atoms with Crippen molar-refractivity contribution in [3.8, 4) is 23.1 Å². The fourth-order valence-electron chi connectivity index (χ4n) is 4.28. The number of fused-ring (bicyclic) bond motifs is 1. The van der Waals surface area contributed by atoms with E-state index in [1.54, 1.807) is 17.2 Å². The molecule has 0 spiro atoms. The Morgan fingerprint density at radius 3 is 2.55 bits per heavy atom. The number of ether oxygens (including phenoxy) is 1. The first-order valence-electron chi connectivity index (χ1n) is 11.6. The molecular weight excluding hydrogens is 508 g/mol. The van der Waals surface area contributed by atoms with Gasteiger partial charge in [-0.25, -0.2) is 19.3 Å². The monoisotopic (exact) mass is 526 g/mol. The normalized spacial score (nSPS) is 15.9. The van der Waals surface area contributed by atoms with Crippen LogP contribution in [0, 0.1) is 17.1 Å². The molecule has 1 saturated heterocycles. The van der Waals surface area contributed by atoms with Crippen LogP contribution >= 0.6 is 0 Å². The number of nitrogens with zero attached hydrogens (tertiary/aromatic N) is 8. The lowest BCUT2D eigenvalue weighted by Crippen LogP contribution is -2.54. The average Bonchev–Trinajstić information content (AvgIpc) is 3.60. The Balaban J connectivity index is 1.39. The smallest absolute Gasteiger partial charge is 0.449 e. The maximum Gasteiger partial charge on any atom is 0.449 e. The van der Waals surface area contributed by atoms with Crippen LogP contribution in [-0.2, 0) is 13.2 Å². The van der Waals surface area contributed by atoms with Gasteiger partial charge in [-0.2, -0.15) is 23.5 Å². The van der Waals surface area contributed by atoms with Crippen LogP contribution in [0.3, 0.4) is 0 Å². The van der Waals surface area contributed by atoms with E-state index in [2.05, 4.69) is 20.1 Å². The zero-order chi connectivity index (χ0) is 26.8. The predicted molar refractivity (Wildman–Crippen MR) is 125 cm³/mol. The highest BCUT2D eigenvalue weighted by molar-refractivity contribution is 5.90. The lowest BCUT2D eigenvalue weighted by molar-refractivity contribution is -0.147. The Morgan fingerprint density at radius 2 is 1.89 bits per heavy atom. The number of rotatable bonds is 5. The van der Waals surface area contributed by atoms with Gasteiger partial charge < -0.3 is 9.64 Å². The summed E-state index contributed by atoms with van der Waals surface area (Å²) in [6.45, 7) is 0.646. The molecule has 0 radical (unpaired) electrons. The van der Waals surface area contributed by atoms with Crippen LogP contribution in [0.5, 0.6) is 5.75 Å². The van der Waals surface area contributed by atoms with Gasteiger partial charge >= 0.3 is 6.18 Å². The fraction of sp³-hybridized carbons (Fsp3) is 0.333. The minimum Gasteiger partial charge on any atom is -0.483 e. The highest BCUT2D eigenvalue weighted by Crippen LogP contribution is 2.36. The molecule has 6 rings (SSSR count). The molecule has 14 heteroatoms. The third kappa shape index (κ3) is 4.09. The van der Waals surface area contributed by atoms with Gasteiger partial charge in [0.1, 0.15) is 23.1 Å². The molecule has 38 heavy (non-hydrogen) atoms. The predicted octanol–water partition coefficient (Wildman–Crippen LogP) is 3.22. The summed E-state index contributed by atoms with van der Waals surface area (Å²) in [5.74, 6) is -1.74. The average molecular weight is 526 g/mol. The minimum atomic E-state index is -4.95. The molecule has 0 N–H and O–H groups in total. The third-order valence-corrected chi connectivity index (χ3v) is 6.45. The second-order valence-corrected chi connectivity index (χ2v) is 9.21. The molecule has 1 aromatic carbocycles. The van der Waals surface area contributed by atoms with Gasteiger partial charge in [0.25, 0.3) is 5.56 Å². The van der Waals surface area contributed by atoms with Gasteiger partial charge in [-0.15, -0.1) is 0 Å². The number of alkyl halides is 3. The summed E-state index contributed by atoms with van der Waals surface area (Å²) in [7, 11) is 0.941. The van der Waals surface area contributed by atoms with Crippen molar-refractivity contribution in [2.24, 2.45) is 7.05 Å². The van der Waals surface area contributed by atoms with E-state index in [4.69, 9.17) is 10.00 Å². The molecule has 0 bridgehead atoms. The van der Waals surface area contributed by atoms with Crippen molar-refractivity contribution in [3.63, 3.8) is 0 Å². The Kier molecular flexibility index (Phi) is 5.33. The Morgan fingerprint density at radius 1 is 1.13 bits per heavy atom. The molecule has 0 atom stereocenters. The summed E-state index contributed by atoms with van der Waals surface area (Å²) >= 11 is 0. The standard InChI is InChI=1S/C24H18F4N8O2/c1-34-21(37)20-19(31-22(34)24(26,27)28)18(16-5-2-12(7-29)6-17(16)25)32-23(33-20)35-9-15(10-35)38-14-8-30-36(11-14)13-3-4-13/h2,5-6,8,11,13,15H,3-4,9-10H2,1H3. The Bertz CT molecular complexity index is 1680. The van der Waals surface area contributed by atoms with Crippen molar-refractivity contribution < 1.29 is 22.3 Å². The summed E-state index contributed by atoms with van der Waals surface area (Å²) in [5, 5.41) is 13.3. The summed E-state index contributed by atoms with van der Waals surface area (Å²) in [4.78, 5) is 26.8. The van der Waals surface area contributed by atoms with Crippen LogP contribution in [0.1, 0.15) is 30.3 Å². The minimum absolute atomic E-state index is 0.0115. The molecule has 0 unspecified atom stereocenters. The van der Waals surface area contributed by atoms with E-state index < -0.39 is 28.9 Å². The van der Waals surface area contributed by atoms with Crippen LogP contribution in [0.25, 0.3) is 22.3 Å². The van der Waals surface area contributed by atoms with E-state index >= 15 is 0 Å². The molecule has 0 amide bonds. The first-order chi connectivity index (χ1) is 18.1. The van der Waals surface area contributed by atoms with Gasteiger partial charge in [0.15, 0.2) is 11.3 Å². The van der Waals surface area contributed by atoms with Gasteiger partial charge in [0.05, 0.1) is 43.2 Å². The number of hydrogen-bond donors (Lipinski definition) is 0. The lowest BCUT2D eigenvalue weighted by atomic mass is 10.1. The number of halogens is 4. The molecular formula is C24H18F4N8O2. The van der Waals surface area contributed by atoms with E-state index in [0.29, 0.717) is 29.4 Å². The second-order valence-electron chi connectivity index (χ2n) is 9.21. The van der Waals surface area contributed by atoms with Crippen LogP contribution < -0.4 is 15.2 Å². The topological polar surface area (TPSA) is 115 Å². The molecule has 194 valence electrons. The van der Waals surface area contributed by atoms with Crippen molar-refractivity contribution in [2.45, 2.75) is 31.2 Å². The van der Waals surface area contributed by atoms with Gasteiger partial charge in [-0.1, -0.05) is 0 Å². The molecule has 10 nitrogen and oxygen atoms in total. The van der Waals surface area contributed by atoms with Crippen LogP contribution in [0.4, 0.5) is 23.5 Å². The van der Waals surface area contributed by atoms with Crippen molar-refractivity contribution >= 4 is 17.0 Å². The van der Waals surface area contributed by atoms with Crippen LogP contribution in [0.2, 0.25) is 0 Å². The zero-order valence-electron chi connectivity index (χ0n) is 19.8. The van der Waals surface area contributed by atoms with Crippen molar-refractivity contribution in [1.29, 1.82) is 5.26 Å². The number of benzene rings is 1. The van der Waals surface area contributed by atoms with Crippen molar-refractivity contribution in [1.82, 2.24) is 29.3 Å². The summed E-state index contributed by atoms with van der Waals surface area (Å²) < 4.78 is 63.9. The van der Waals surface area contributed by atoms with Gasteiger partial charge in [-0.3, -0.25) is 14.0 Å². The van der Waals surface area contributed by atoms with Gasteiger partial charge in [-0.05, 0) is 31.0 Å². The number of nitriles is 1. The van der Waals surface area contributed by atoms with Crippen LogP contribution in [-0.4, -0.2) is 48.5 Å². The number of anilines is 1. The fourth-order valence-corrected chi connectivity index (χ4v) is 4.28. The molecule has 1 saturated carbocycles. The van der Waals surface area contributed by atoms with E-state index in [9.17, 15) is 22.4 Å². The molecule has 1 aliphatic heterocycles. The number of aromatic nitrogens is 6. The molecule has 2 fully saturated rings. The SMILES string of the molecule is Cn1c(C(F)(F)F)nc2c(-c3ccc(C#N)cc3F)nc(N3CC(Oc4cnn(C5CC5)c4)C3)nc2c1=O. The first-order valence-corrected chi connectivity index (χ1v) is 11.6. The molecule has 3 aromatic heterocycles. The van der Waals surface area contributed by atoms with E-state index in [0.717, 1.165) is 26.0 Å². The summed E-state index contributed by atoms with van der Waals surface area (Å²) in [6.07, 6.45) is 0.433. The van der Waals surface area contributed by atoms with Gasteiger partial charge in [0, 0.05) is 12.6 Å². The summed E-state index contributed by atoms with van der Waals surface area (Å²) in [6, 6.07) is 5.65. The summed E-state index contributed by atoms with van der Waals surface area (Å²) in [5.41, 5.74) is -2.43.